The Kier molecular flexibility index (Phi) is 3.41. The molecule has 0 aliphatic carbocycles. The number of hydrogen-bond donors (Lipinski definition) is 1. The molecule has 0 heterocycles. The number of benzene rings is 1. The molecule has 0 aliphatic rings. The van der Waals surface area contributed by atoms with Crippen LogP contribution in [0.5, 0.6) is 5.75 Å². The summed E-state index contributed by atoms with van der Waals surface area (Å²) in [5.74, 6) is -1.16. The third-order valence-electron chi connectivity index (χ3n) is 1.98. The number of ether oxygens (including phenoxy) is 1. The van der Waals surface area contributed by atoms with E-state index >= 15 is 0 Å². The van der Waals surface area contributed by atoms with Gasteiger partial charge in [0.2, 0.25) is 5.91 Å². The average Bonchev–Trinajstić information content (AvgIpc) is 2.14. The number of rotatable bonds is 3. The number of halogens is 3. The van der Waals surface area contributed by atoms with Crippen LogP contribution < -0.4 is 10.5 Å². The molecule has 0 spiro atoms. The second kappa shape index (κ2) is 4.42. The van der Waals surface area contributed by atoms with Crippen LogP contribution in [0.4, 0.5) is 13.2 Å². The predicted octanol–water partition coefficient (Wildman–Crippen LogP) is 2.25. The summed E-state index contributed by atoms with van der Waals surface area (Å²) in [5.41, 5.74) is 5.25. The van der Waals surface area contributed by atoms with Crippen molar-refractivity contribution >= 4 is 5.91 Å². The number of carbonyl (C=O) groups is 1. The van der Waals surface area contributed by atoms with Crippen molar-refractivity contribution in [2.24, 2.45) is 5.73 Å². The summed E-state index contributed by atoms with van der Waals surface area (Å²) in [6.45, 7) is 1.62. The summed E-state index contributed by atoms with van der Waals surface area (Å²) in [6, 6.07) is 3.81. The predicted molar refractivity (Wildman–Crippen MR) is 51.0 cm³/mol. The van der Waals surface area contributed by atoms with Crippen molar-refractivity contribution in [2.45, 2.75) is 19.7 Å². The van der Waals surface area contributed by atoms with Gasteiger partial charge in [0.1, 0.15) is 5.75 Å². The fourth-order valence-electron chi connectivity index (χ4n) is 1.38. The average molecular weight is 233 g/mol. The van der Waals surface area contributed by atoms with E-state index in [4.69, 9.17) is 5.73 Å². The molecule has 6 heteroatoms. The first kappa shape index (κ1) is 12.4. The first-order chi connectivity index (χ1) is 7.35. The fourth-order valence-corrected chi connectivity index (χ4v) is 1.38. The number of nitrogens with two attached hydrogens (primary N) is 1. The molecule has 3 nitrogen and oxygen atoms in total. The third-order valence-corrected chi connectivity index (χ3v) is 1.98. The summed E-state index contributed by atoms with van der Waals surface area (Å²) < 4.78 is 40.0. The Hall–Kier alpha value is -1.72. The van der Waals surface area contributed by atoms with E-state index in [1.807, 2.05) is 0 Å². The topological polar surface area (TPSA) is 52.3 Å². The Morgan fingerprint density at radius 2 is 2.06 bits per heavy atom. The largest absolute Gasteiger partial charge is 0.573 e. The second-order valence-electron chi connectivity index (χ2n) is 3.05. The molecule has 1 aromatic carbocycles. The summed E-state index contributed by atoms with van der Waals surface area (Å²) in [4.78, 5) is 11.0. The van der Waals surface area contributed by atoms with Crippen LogP contribution >= 0.6 is 0 Å². The molecule has 0 saturated carbocycles. The lowest BCUT2D eigenvalue weighted by Gasteiger charge is -2.14. The number of amides is 1. The number of primary amides is 1. The van der Waals surface area contributed by atoms with Gasteiger partial charge >= 0.3 is 6.36 Å². The van der Waals surface area contributed by atoms with Crippen LogP contribution in [0, 0.1) is 0 Å². The van der Waals surface area contributed by atoms with Crippen molar-refractivity contribution in [1.82, 2.24) is 0 Å². The normalized spacial score (nSPS) is 11.2. The summed E-state index contributed by atoms with van der Waals surface area (Å²) in [6.07, 6.45) is -4.55. The second-order valence-corrected chi connectivity index (χ2v) is 3.05. The van der Waals surface area contributed by atoms with E-state index in [0.717, 1.165) is 6.07 Å². The van der Waals surface area contributed by atoms with Crippen LogP contribution in [0.2, 0.25) is 0 Å². The lowest BCUT2D eigenvalue weighted by Crippen LogP contribution is -2.20. The molecule has 0 bridgehead atoms. The maximum Gasteiger partial charge on any atom is 0.573 e. The molecule has 0 saturated heterocycles. The molecule has 2 N–H and O–H groups in total. The summed E-state index contributed by atoms with van der Waals surface area (Å²) in [5, 5.41) is 0. The minimum atomic E-state index is -4.78. The maximum atomic E-state index is 12.1. The van der Waals surface area contributed by atoms with Gasteiger partial charge in [-0.2, -0.15) is 0 Å². The third kappa shape index (κ3) is 2.88. The van der Waals surface area contributed by atoms with Gasteiger partial charge in [-0.05, 0) is 18.6 Å². The minimum Gasteiger partial charge on any atom is -0.405 e. The van der Waals surface area contributed by atoms with Gasteiger partial charge in [-0.3, -0.25) is 4.79 Å². The molecule has 88 valence electrons. The molecular formula is C10H10F3NO2. The highest BCUT2D eigenvalue weighted by Crippen LogP contribution is 2.28. The molecule has 1 aromatic rings. The van der Waals surface area contributed by atoms with E-state index < -0.39 is 12.3 Å². The molecule has 0 unspecified atom stereocenters. The van der Waals surface area contributed by atoms with Gasteiger partial charge in [-0.1, -0.05) is 13.0 Å². The summed E-state index contributed by atoms with van der Waals surface area (Å²) >= 11 is 0. The van der Waals surface area contributed by atoms with Crippen LogP contribution in [0.25, 0.3) is 0 Å². The van der Waals surface area contributed by atoms with Gasteiger partial charge in [-0.25, -0.2) is 0 Å². The maximum absolute atomic E-state index is 12.1. The van der Waals surface area contributed by atoms with E-state index in [9.17, 15) is 18.0 Å². The lowest BCUT2D eigenvalue weighted by molar-refractivity contribution is -0.274. The molecule has 16 heavy (non-hydrogen) atoms. The standard InChI is InChI=1S/C10H10F3NO2/c1-2-6-7(9(14)15)4-3-5-8(6)16-10(11,12)13/h3-5H,2H2,1H3,(H2,14,15). The van der Waals surface area contributed by atoms with Gasteiger partial charge in [-0.15, -0.1) is 13.2 Å². The molecule has 0 aliphatic heterocycles. The van der Waals surface area contributed by atoms with Crippen LogP contribution in [0.3, 0.4) is 0 Å². The van der Waals surface area contributed by atoms with Crippen LogP contribution in [0.15, 0.2) is 18.2 Å². The lowest BCUT2D eigenvalue weighted by atomic mass is 10.0. The van der Waals surface area contributed by atoms with E-state index in [0.29, 0.717) is 0 Å². The Balaban J connectivity index is 3.19. The van der Waals surface area contributed by atoms with Crippen molar-refractivity contribution in [3.8, 4) is 5.75 Å². The minimum absolute atomic E-state index is 0.0456. The molecule has 0 fully saturated rings. The highest BCUT2D eigenvalue weighted by atomic mass is 19.4. The SMILES string of the molecule is CCc1c(OC(F)(F)F)cccc1C(N)=O. The van der Waals surface area contributed by atoms with Crippen LogP contribution in [-0.2, 0) is 6.42 Å². The quantitative estimate of drug-likeness (QED) is 0.870. The van der Waals surface area contributed by atoms with Gasteiger partial charge in [0.15, 0.2) is 0 Å². The Labute approximate surface area is 90.0 Å². The highest BCUT2D eigenvalue weighted by Gasteiger charge is 2.32. The zero-order valence-corrected chi connectivity index (χ0v) is 8.47. The summed E-state index contributed by atoms with van der Waals surface area (Å²) in [7, 11) is 0. The molecule has 1 amide bonds. The zero-order chi connectivity index (χ0) is 12.3. The van der Waals surface area contributed by atoms with Gasteiger partial charge in [0, 0.05) is 11.1 Å². The van der Waals surface area contributed by atoms with Crippen LogP contribution in [0.1, 0.15) is 22.8 Å². The Morgan fingerprint density at radius 1 is 1.44 bits per heavy atom. The molecular weight excluding hydrogens is 223 g/mol. The van der Waals surface area contributed by atoms with Gasteiger partial charge < -0.3 is 10.5 Å². The first-order valence-electron chi connectivity index (χ1n) is 4.52. The fraction of sp³-hybridized carbons (Fsp3) is 0.300. The van der Waals surface area contributed by atoms with E-state index in [1.165, 1.54) is 12.1 Å². The van der Waals surface area contributed by atoms with E-state index in [2.05, 4.69) is 4.74 Å². The van der Waals surface area contributed by atoms with Crippen molar-refractivity contribution in [1.29, 1.82) is 0 Å². The molecule has 1 rings (SSSR count). The monoisotopic (exact) mass is 233 g/mol. The van der Waals surface area contributed by atoms with E-state index in [-0.39, 0.29) is 23.3 Å². The number of hydrogen-bond acceptors (Lipinski definition) is 2. The zero-order valence-electron chi connectivity index (χ0n) is 8.47. The van der Waals surface area contributed by atoms with Crippen molar-refractivity contribution in [2.75, 3.05) is 0 Å². The Morgan fingerprint density at radius 3 is 2.50 bits per heavy atom. The van der Waals surface area contributed by atoms with Gasteiger partial charge in [0.25, 0.3) is 0 Å². The van der Waals surface area contributed by atoms with E-state index in [1.54, 1.807) is 6.92 Å². The van der Waals surface area contributed by atoms with Gasteiger partial charge in [0.05, 0.1) is 0 Å². The van der Waals surface area contributed by atoms with Crippen molar-refractivity contribution < 1.29 is 22.7 Å². The van der Waals surface area contributed by atoms with Crippen LogP contribution in [-0.4, -0.2) is 12.3 Å². The molecule has 0 atom stereocenters. The van der Waals surface area contributed by atoms with Crippen molar-refractivity contribution in [3.05, 3.63) is 29.3 Å². The highest BCUT2D eigenvalue weighted by molar-refractivity contribution is 5.95. The Bertz CT molecular complexity index is 402. The molecule has 0 aromatic heterocycles. The smallest absolute Gasteiger partial charge is 0.405 e. The first-order valence-corrected chi connectivity index (χ1v) is 4.52. The number of alkyl halides is 3. The molecule has 0 radical (unpaired) electrons. The number of carbonyl (C=O) groups excluding carboxylic acids is 1. The van der Waals surface area contributed by atoms with Crippen molar-refractivity contribution in [3.63, 3.8) is 0 Å².